The monoisotopic (exact) mass is 584 g/mol. The van der Waals surface area contributed by atoms with Crippen molar-refractivity contribution >= 4 is 0 Å². The number of hydrogen-bond acceptors (Lipinski definition) is 14. The molecule has 0 radical (unpaired) electrons. The van der Waals surface area contributed by atoms with E-state index in [4.69, 9.17) is 22.3 Å². The van der Waals surface area contributed by atoms with E-state index in [1.807, 2.05) is 67.5 Å². The number of rotatable bonds is 0. The highest BCUT2D eigenvalue weighted by atomic mass is 16.5. The zero-order valence-electron chi connectivity index (χ0n) is 26.3. The second-order valence-electron chi connectivity index (χ2n) is 8.87. The van der Waals surface area contributed by atoms with Gasteiger partial charge in [0.2, 0.25) is 17.7 Å². The Labute approximate surface area is 244 Å². The Kier molecular flexibility index (Phi) is 15.5. The zero-order chi connectivity index (χ0) is 31.7. The molecule has 14 nitrogen and oxygen atoms in total. The quantitative estimate of drug-likeness (QED) is 0.187. The van der Waals surface area contributed by atoms with Gasteiger partial charge in [0.25, 0.3) is 0 Å². The zero-order valence-corrected chi connectivity index (χ0v) is 26.3. The van der Waals surface area contributed by atoms with Gasteiger partial charge >= 0.3 is 0 Å². The first-order valence-corrected chi connectivity index (χ1v) is 12.8. The first kappa shape index (κ1) is 35.1. The Hall–Kier alpha value is -4.88. The summed E-state index contributed by atoms with van der Waals surface area (Å²) >= 11 is 0. The Morgan fingerprint density at radius 1 is 0.429 bits per heavy atom. The highest BCUT2D eigenvalue weighted by Gasteiger charge is 1.92. The molecule has 6 rings (SSSR count). The maximum Gasteiger partial charge on any atom is 0.223 e. The molecule has 6 aromatic heterocycles. The number of hydrogen-bond donors (Lipinski definition) is 0. The summed E-state index contributed by atoms with van der Waals surface area (Å²) in [6.45, 7) is 22.1. The third-order valence-corrected chi connectivity index (χ3v) is 4.22. The van der Waals surface area contributed by atoms with Crippen molar-refractivity contribution < 1.29 is 26.8 Å². The average molecular weight is 585 g/mol. The molecular formula is C28H40N8O6. The van der Waals surface area contributed by atoms with Gasteiger partial charge in [-0.1, -0.05) is 15.5 Å². The van der Waals surface area contributed by atoms with E-state index in [-0.39, 0.29) is 0 Å². The van der Waals surface area contributed by atoms with E-state index in [1.165, 1.54) is 0 Å². The molecule has 0 aliphatic carbocycles. The van der Waals surface area contributed by atoms with Crippen LogP contribution < -0.4 is 0 Å². The highest BCUT2D eigenvalue weighted by molar-refractivity contribution is 5.00. The van der Waals surface area contributed by atoms with Crippen molar-refractivity contribution in [1.29, 1.82) is 0 Å². The fraction of sp³-hybridized carbons (Fsp3) is 0.429. The largest absolute Gasteiger partial charge is 0.449 e. The third-order valence-electron chi connectivity index (χ3n) is 4.22. The van der Waals surface area contributed by atoms with Crippen LogP contribution in [0.5, 0.6) is 0 Å². The van der Waals surface area contributed by atoms with Gasteiger partial charge in [0.05, 0.1) is 22.8 Å². The maximum absolute atomic E-state index is 4.86. The predicted molar refractivity (Wildman–Crippen MR) is 151 cm³/mol. The maximum atomic E-state index is 4.86. The molecule has 0 bridgehead atoms. The number of nitrogens with zero attached hydrogens (tertiary/aromatic N) is 8. The second-order valence-corrected chi connectivity index (χ2v) is 8.87. The second kappa shape index (κ2) is 18.5. The molecule has 0 aliphatic rings. The van der Waals surface area contributed by atoms with E-state index in [0.717, 1.165) is 46.1 Å². The van der Waals surface area contributed by atoms with Gasteiger partial charge in [0.15, 0.2) is 17.6 Å². The van der Waals surface area contributed by atoms with Crippen molar-refractivity contribution in [2.75, 3.05) is 0 Å². The van der Waals surface area contributed by atoms with Crippen molar-refractivity contribution in [3.8, 4) is 0 Å². The van der Waals surface area contributed by atoms with Crippen molar-refractivity contribution in [3.63, 3.8) is 0 Å². The number of oxazole rings is 2. The SMILES string of the molecule is Cc1cc(C)on1.Cc1cc(C)on1.Cc1coc(C)n1.Cc1coc(C)n1.Cc1nnc(C)o1.Cc1noc(C)n1. The molecule has 6 aromatic rings. The summed E-state index contributed by atoms with van der Waals surface area (Å²) in [6.07, 6.45) is 3.27. The first-order valence-electron chi connectivity index (χ1n) is 12.8. The Morgan fingerprint density at radius 2 is 0.857 bits per heavy atom. The first-order chi connectivity index (χ1) is 19.7. The molecule has 0 N–H and O–H groups in total. The Balaban J connectivity index is 0.000000252. The highest BCUT2D eigenvalue weighted by Crippen LogP contribution is 1.98. The van der Waals surface area contributed by atoms with E-state index >= 15 is 0 Å². The van der Waals surface area contributed by atoms with Gasteiger partial charge < -0.3 is 26.8 Å². The van der Waals surface area contributed by atoms with Crippen LogP contribution in [0.15, 0.2) is 51.5 Å². The lowest BCUT2D eigenvalue weighted by molar-refractivity contribution is 0.389. The molecule has 0 aromatic carbocycles. The van der Waals surface area contributed by atoms with Crippen LogP contribution in [0, 0.1) is 83.1 Å². The van der Waals surface area contributed by atoms with Crippen molar-refractivity contribution in [1.82, 2.24) is 40.6 Å². The van der Waals surface area contributed by atoms with E-state index in [9.17, 15) is 0 Å². The van der Waals surface area contributed by atoms with E-state index < -0.39 is 0 Å². The normalized spacial score (nSPS) is 9.43. The fourth-order valence-electron chi connectivity index (χ4n) is 2.72. The van der Waals surface area contributed by atoms with Gasteiger partial charge in [0.1, 0.15) is 24.0 Å². The minimum atomic E-state index is 0.623. The molecule has 6 heterocycles. The lowest BCUT2D eigenvalue weighted by atomic mass is 10.4. The van der Waals surface area contributed by atoms with Crippen molar-refractivity contribution in [2.45, 2.75) is 83.1 Å². The van der Waals surface area contributed by atoms with E-state index in [0.29, 0.717) is 23.5 Å². The standard InChI is InChI=1S/4C5H7NO.2C4H6N2O/c2*1-4-3-7-5(2)6-4;2*1-4-3-5(2)7-6-4;1-3-5-6-4(2)7-3;1-3-5-4(2)7-6-3/h4*3H,1-2H3;2*1-2H3. The van der Waals surface area contributed by atoms with Crippen LogP contribution in [-0.2, 0) is 0 Å². The lowest BCUT2D eigenvalue weighted by Gasteiger charge is -1.70. The van der Waals surface area contributed by atoms with Crippen molar-refractivity contribution in [3.05, 3.63) is 94.2 Å². The molecule has 0 unspecified atom stereocenters. The van der Waals surface area contributed by atoms with Gasteiger partial charge in [-0.05, 0) is 48.5 Å². The molecule has 0 fully saturated rings. The molecule has 0 saturated heterocycles. The molecule has 42 heavy (non-hydrogen) atoms. The fourth-order valence-corrected chi connectivity index (χ4v) is 2.72. The smallest absolute Gasteiger partial charge is 0.223 e. The molecule has 0 atom stereocenters. The molecular weight excluding hydrogens is 544 g/mol. The topological polar surface area (TPSA) is 182 Å². The van der Waals surface area contributed by atoms with Crippen LogP contribution in [0.25, 0.3) is 0 Å². The third kappa shape index (κ3) is 16.9. The molecule has 14 heteroatoms. The van der Waals surface area contributed by atoms with Gasteiger partial charge in [-0.15, -0.1) is 10.2 Å². The summed E-state index contributed by atoms with van der Waals surface area (Å²) in [5.41, 5.74) is 3.77. The van der Waals surface area contributed by atoms with Gasteiger partial charge in [-0.25, -0.2) is 9.97 Å². The molecule has 0 amide bonds. The lowest BCUT2D eigenvalue weighted by Crippen LogP contribution is -1.70. The van der Waals surface area contributed by atoms with E-state index in [1.54, 1.807) is 40.2 Å². The average Bonchev–Trinajstić information content (AvgIpc) is 3.76. The molecule has 0 aliphatic heterocycles. The summed E-state index contributed by atoms with van der Waals surface area (Å²) in [5, 5.41) is 18.0. The van der Waals surface area contributed by atoms with Crippen LogP contribution in [0.3, 0.4) is 0 Å². The number of aryl methyl sites for hydroxylation is 12. The van der Waals surface area contributed by atoms with Crippen LogP contribution in [0.4, 0.5) is 0 Å². The molecule has 0 saturated carbocycles. The van der Waals surface area contributed by atoms with Crippen LogP contribution in [-0.4, -0.2) is 40.6 Å². The van der Waals surface area contributed by atoms with Crippen LogP contribution in [0.2, 0.25) is 0 Å². The summed E-state index contributed by atoms with van der Waals surface area (Å²) in [6, 6.07) is 3.78. The Morgan fingerprint density at radius 3 is 0.952 bits per heavy atom. The van der Waals surface area contributed by atoms with Crippen molar-refractivity contribution in [2.24, 2.45) is 0 Å². The minimum absolute atomic E-state index is 0.623. The summed E-state index contributed by atoms with van der Waals surface area (Å²) < 4.78 is 28.6. The summed E-state index contributed by atoms with van der Waals surface area (Å²) in [4.78, 5) is 11.7. The molecule has 228 valence electrons. The number of aromatic nitrogens is 8. The van der Waals surface area contributed by atoms with Gasteiger partial charge in [-0.2, -0.15) is 4.98 Å². The van der Waals surface area contributed by atoms with Gasteiger partial charge in [0, 0.05) is 46.8 Å². The minimum Gasteiger partial charge on any atom is -0.449 e. The van der Waals surface area contributed by atoms with Crippen LogP contribution >= 0.6 is 0 Å². The summed E-state index contributed by atoms with van der Waals surface area (Å²) in [7, 11) is 0. The van der Waals surface area contributed by atoms with E-state index in [2.05, 4.69) is 45.1 Å². The Bertz CT molecular complexity index is 1140. The predicted octanol–water partition coefficient (Wildman–Crippen LogP) is 6.54. The molecule has 0 spiro atoms. The summed E-state index contributed by atoms with van der Waals surface area (Å²) in [5.74, 6) is 5.77. The van der Waals surface area contributed by atoms with Crippen LogP contribution in [0.1, 0.15) is 69.6 Å². The van der Waals surface area contributed by atoms with Gasteiger partial charge in [-0.3, -0.25) is 0 Å².